The summed E-state index contributed by atoms with van der Waals surface area (Å²) in [5, 5.41) is 0. The maximum absolute atomic E-state index is 12.3. The van der Waals surface area contributed by atoms with E-state index >= 15 is 0 Å². The Morgan fingerprint density at radius 1 is 1.12 bits per heavy atom. The van der Waals surface area contributed by atoms with Gasteiger partial charge in [-0.3, -0.25) is 9.80 Å². The van der Waals surface area contributed by atoms with E-state index in [1.165, 1.54) is 43.9 Å². The first kappa shape index (κ1) is 16.7. The lowest BCUT2D eigenvalue weighted by atomic mass is 9.91. The molecule has 2 aliphatic heterocycles. The molecule has 6 heteroatoms. The third-order valence-electron chi connectivity index (χ3n) is 5.52. The normalized spacial score (nSPS) is 27.0. The van der Waals surface area contributed by atoms with Crippen LogP contribution in [0.25, 0.3) is 0 Å². The van der Waals surface area contributed by atoms with Crippen molar-refractivity contribution in [3.05, 3.63) is 29.8 Å². The van der Waals surface area contributed by atoms with Crippen LogP contribution in [0, 0.1) is 11.8 Å². The Morgan fingerprint density at radius 3 is 2.60 bits per heavy atom. The second kappa shape index (κ2) is 6.54. The van der Waals surface area contributed by atoms with Crippen molar-refractivity contribution in [3.63, 3.8) is 0 Å². The number of hydrogen-bond acceptors (Lipinski definition) is 3. The molecule has 0 spiro atoms. The molecule has 2 bridgehead atoms. The molecule has 0 N–H and O–H groups in total. The minimum Gasteiger partial charge on any atom is -0.406 e. The van der Waals surface area contributed by atoms with Gasteiger partial charge in [0.15, 0.2) is 0 Å². The van der Waals surface area contributed by atoms with Crippen LogP contribution in [0.3, 0.4) is 0 Å². The molecule has 2 heterocycles. The molecule has 0 radical (unpaired) electrons. The Balaban J connectivity index is 1.32. The lowest BCUT2D eigenvalue weighted by Crippen LogP contribution is -2.52. The molecule has 1 aromatic carbocycles. The highest BCUT2D eigenvalue weighted by Crippen LogP contribution is 2.37. The van der Waals surface area contributed by atoms with Gasteiger partial charge in [-0.15, -0.1) is 13.2 Å². The first-order valence-corrected chi connectivity index (χ1v) is 8.82. The molecule has 2 atom stereocenters. The summed E-state index contributed by atoms with van der Waals surface area (Å²) in [5.41, 5.74) is 0.544. The minimum atomic E-state index is -4.67. The predicted molar refractivity (Wildman–Crippen MR) is 88.1 cm³/mol. The van der Waals surface area contributed by atoms with Gasteiger partial charge in [-0.1, -0.05) is 24.3 Å². The van der Waals surface area contributed by atoms with E-state index in [4.69, 9.17) is 0 Å². The van der Waals surface area contributed by atoms with E-state index in [0.717, 1.165) is 19.1 Å². The molecule has 1 aliphatic carbocycles. The lowest BCUT2D eigenvalue weighted by molar-refractivity contribution is -0.274. The van der Waals surface area contributed by atoms with Gasteiger partial charge in [-0.05, 0) is 37.5 Å². The molecular formula is C19H21F3N2O. The highest BCUT2D eigenvalue weighted by Gasteiger charge is 2.46. The van der Waals surface area contributed by atoms with Gasteiger partial charge in [0.25, 0.3) is 0 Å². The highest BCUT2D eigenvalue weighted by atomic mass is 19.4. The smallest absolute Gasteiger partial charge is 0.406 e. The van der Waals surface area contributed by atoms with Crippen LogP contribution in [0.2, 0.25) is 0 Å². The molecule has 25 heavy (non-hydrogen) atoms. The van der Waals surface area contributed by atoms with Crippen molar-refractivity contribution in [3.8, 4) is 17.6 Å². The third kappa shape index (κ3) is 3.78. The van der Waals surface area contributed by atoms with Crippen LogP contribution >= 0.6 is 0 Å². The van der Waals surface area contributed by atoms with Gasteiger partial charge in [-0.2, -0.15) is 0 Å². The number of benzene rings is 1. The zero-order valence-corrected chi connectivity index (χ0v) is 13.9. The van der Waals surface area contributed by atoms with E-state index in [1.807, 2.05) is 0 Å². The van der Waals surface area contributed by atoms with E-state index in [-0.39, 0.29) is 5.75 Å². The summed E-state index contributed by atoms with van der Waals surface area (Å²) < 4.78 is 40.7. The van der Waals surface area contributed by atoms with E-state index < -0.39 is 6.36 Å². The number of nitrogens with zero attached hydrogens (tertiary/aromatic N) is 2. The van der Waals surface area contributed by atoms with E-state index in [0.29, 0.717) is 24.2 Å². The number of piperazine rings is 1. The molecule has 3 aliphatic rings. The summed E-state index contributed by atoms with van der Waals surface area (Å²) in [7, 11) is 0. The number of fused-ring (bicyclic) bond motifs is 2. The first-order chi connectivity index (χ1) is 12.0. The number of rotatable bonds is 3. The van der Waals surface area contributed by atoms with Gasteiger partial charge in [0.1, 0.15) is 5.75 Å². The van der Waals surface area contributed by atoms with Crippen LogP contribution in [0.1, 0.15) is 31.2 Å². The molecular weight excluding hydrogens is 329 g/mol. The Bertz CT molecular complexity index is 690. The molecule has 3 fully saturated rings. The number of alkyl halides is 3. The summed E-state index contributed by atoms with van der Waals surface area (Å²) in [6.07, 6.45) is 0.615. The van der Waals surface area contributed by atoms with Crippen LogP contribution in [-0.2, 0) is 0 Å². The first-order valence-electron chi connectivity index (χ1n) is 8.82. The molecule has 4 rings (SSSR count). The van der Waals surface area contributed by atoms with Crippen molar-refractivity contribution < 1.29 is 17.9 Å². The summed E-state index contributed by atoms with van der Waals surface area (Å²) >= 11 is 0. The number of ether oxygens (including phenoxy) is 1. The molecule has 0 amide bonds. The minimum absolute atomic E-state index is 0.226. The Morgan fingerprint density at radius 2 is 1.96 bits per heavy atom. The van der Waals surface area contributed by atoms with Gasteiger partial charge in [0, 0.05) is 36.8 Å². The summed E-state index contributed by atoms with van der Waals surface area (Å²) in [6, 6.07) is 7.90. The number of hydrogen-bond donors (Lipinski definition) is 0. The summed E-state index contributed by atoms with van der Waals surface area (Å²) in [5.74, 6) is 5.85. The summed E-state index contributed by atoms with van der Waals surface area (Å²) in [4.78, 5) is 5.08. The Labute approximate surface area is 145 Å². The van der Waals surface area contributed by atoms with Crippen LogP contribution in [0.5, 0.6) is 5.75 Å². The van der Waals surface area contributed by atoms with Crippen LogP contribution in [0.4, 0.5) is 13.2 Å². The molecule has 134 valence electrons. The Kier molecular flexibility index (Phi) is 4.38. The monoisotopic (exact) mass is 350 g/mol. The molecule has 0 aromatic heterocycles. The van der Waals surface area contributed by atoms with Crippen molar-refractivity contribution in [2.24, 2.45) is 0 Å². The zero-order chi connectivity index (χ0) is 17.4. The van der Waals surface area contributed by atoms with Crippen molar-refractivity contribution in [2.75, 3.05) is 19.6 Å². The fourth-order valence-electron chi connectivity index (χ4n) is 4.15. The van der Waals surface area contributed by atoms with E-state index in [1.54, 1.807) is 6.07 Å². The van der Waals surface area contributed by atoms with Crippen molar-refractivity contribution in [1.82, 2.24) is 9.80 Å². The van der Waals surface area contributed by atoms with Gasteiger partial charge in [0.05, 0.1) is 6.54 Å². The average molecular weight is 350 g/mol. The van der Waals surface area contributed by atoms with Crippen molar-refractivity contribution in [2.45, 2.75) is 50.2 Å². The average Bonchev–Trinajstić information content (AvgIpc) is 3.04. The zero-order valence-electron chi connectivity index (χ0n) is 13.9. The largest absolute Gasteiger partial charge is 0.573 e. The van der Waals surface area contributed by atoms with Crippen LogP contribution in [-0.4, -0.2) is 53.9 Å². The van der Waals surface area contributed by atoms with E-state index in [2.05, 4.69) is 26.4 Å². The quantitative estimate of drug-likeness (QED) is 0.779. The lowest BCUT2D eigenvalue weighted by Gasteiger charge is -2.42. The van der Waals surface area contributed by atoms with Crippen LogP contribution < -0.4 is 4.74 Å². The number of halogens is 3. The van der Waals surface area contributed by atoms with Gasteiger partial charge in [0.2, 0.25) is 0 Å². The summed E-state index contributed by atoms with van der Waals surface area (Å²) in [6.45, 7) is 2.88. The van der Waals surface area contributed by atoms with Gasteiger partial charge in [-0.25, -0.2) is 0 Å². The highest BCUT2D eigenvalue weighted by molar-refractivity contribution is 5.40. The maximum Gasteiger partial charge on any atom is 0.573 e. The third-order valence-corrected chi connectivity index (χ3v) is 5.52. The van der Waals surface area contributed by atoms with Crippen LogP contribution in [0.15, 0.2) is 24.3 Å². The van der Waals surface area contributed by atoms with Crippen molar-refractivity contribution >= 4 is 0 Å². The maximum atomic E-state index is 12.3. The second-order valence-corrected chi connectivity index (χ2v) is 7.13. The number of likely N-dealkylation sites (tertiary alicyclic amines) is 2. The topological polar surface area (TPSA) is 15.7 Å². The fourth-order valence-corrected chi connectivity index (χ4v) is 4.15. The van der Waals surface area contributed by atoms with Crippen molar-refractivity contribution in [1.29, 1.82) is 0 Å². The SMILES string of the molecule is FC(F)(F)Oc1cccc(C#CCN2C[C@@H]3C[C@H]2CN3C2CCC2)c1. The molecule has 1 aromatic rings. The fraction of sp³-hybridized carbons (Fsp3) is 0.579. The molecule has 1 saturated carbocycles. The second-order valence-electron chi connectivity index (χ2n) is 7.13. The standard InChI is InChI=1S/C19H21F3N2O/c20-19(21,22)25-18-8-1-4-14(10-18)5-3-9-23-12-17-11-16(23)13-24(17)15-6-2-7-15/h1,4,8,10,15-17H,2,6-7,9,11-13H2/t16-,17-/m0/s1. The van der Waals surface area contributed by atoms with E-state index in [9.17, 15) is 13.2 Å². The van der Waals surface area contributed by atoms with Gasteiger partial charge >= 0.3 is 6.36 Å². The van der Waals surface area contributed by atoms with Gasteiger partial charge < -0.3 is 4.74 Å². The predicted octanol–water partition coefficient (Wildman–Crippen LogP) is 3.25. The Hall–Kier alpha value is -1.71. The molecule has 3 nitrogen and oxygen atoms in total. The molecule has 2 saturated heterocycles. The molecule has 0 unspecified atom stereocenters.